The number of hydrogen-bond donors (Lipinski definition) is 2. The third-order valence-corrected chi connectivity index (χ3v) is 6.63. The molecule has 2 N–H and O–H groups in total. The zero-order valence-corrected chi connectivity index (χ0v) is 19.3. The van der Waals surface area contributed by atoms with Crippen molar-refractivity contribution in [2.75, 3.05) is 25.1 Å². The van der Waals surface area contributed by atoms with E-state index in [1.165, 1.54) is 31.9 Å². The van der Waals surface area contributed by atoms with E-state index in [0.717, 1.165) is 37.2 Å². The van der Waals surface area contributed by atoms with Gasteiger partial charge in [0, 0.05) is 30.8 Å². The summed E-state index contributed by atoms with van der Waals surface area (Å²) < 4.78 is 23.2. The Hall–Kier alpha value is -0.0500. The van der Waals surface area contributed by atoms with Crippen molar-refractivity contribution < 1.29 is 8.42 Å². The van der Waals surface area contributed by atoms with Crippen LogP contribution < -0.4 is 10.6 Å². The molecule has 0 aromatic rings. The zero-order valence-electron chi connectivity index (χ0n) is 16.2. The molecule has 0 aromatic carbocycles. The van der Waals surface area contributed by atoms with Crippen LogP contribution in [0.3, 0.4) is 0 Å². The number of rotatable bonds is 7. The molecule has 0 aliphatic heterocycles. The SMILES string of the molecule is CCNC(=NCC1(CS(C)(=O)=O)CC1)NC1CCC(C(C)C)CC1.I. The number of halogens is 1. The fourth-order valence-electron chi connectivity index (χ4n) is 3.77. The van der Waals surface area contributed by atoms with Crippen LogP contribution in [0.15, 0.2) is 4.99 Å². The van der Waals surface area contributed by atoms with Gasteiger partial charge in [0.05, 0.1) is 5.75 Å². The lowest BCUT2D eigenvalue weighted by atomic mass is 9.80. The molecule has 0 amide bonds. The third kappa shape index (κ3) is 8.01. The predicted octanol–water partition coefficient (Wildman–Crippen LogP) is 3.20. The van der Waals surface area contributed by atoms with Crippen LogP contribution in [-0.2, 0) is 9.84 Å². The van der Waals surface area contributed by atoms with Crippen molar-refractivity contribution in [3.8, 4) is 0 Å². The van der Waals surface area contributed by atoms with Crippen molar-refractivity contribution in [1.82, 2.24) is 10.6 Å². The van der Waals surface area contributed by atoms with Crippen molar-refractivity contribution >= 4 is 39.8 Å². The Labute approximate surface area is 171 Å². The lowest BCUT2D eigenvalue weighted by molar-refractivity contribution is 0.250. The number of nitrogens with one attached hydrogen (secondary N) is 2. The Balaban J connectivity index is 0.00000312. The van der Waals surface area contributed by atoms with E-state index in [1.807, 2.05) is 0 Å². The molecule has 2 saturated carbocycles. The first-order valence-corrected chi connectivity index (χ1v) is 11.5. The van der Waals surface area contributed by atoms with Crippen LogP contribution in [0.5, 0.6) is 0 Å². The van der Waals surface area contributed by atoms with E-state index in [9.17, 15) is 8.42 Å². The van der Waals surface area contributed by atoms with Gasteiger partial charge in [0.1, 0.15) is 9.84 Å². The number of aliphatic imine (C=N–C) groups is 1. The first-order valence-electron chi connectivity index (χ1n) is 9.45. The van der Waals surface area contributed by atoms with Crippen molar-refractivity contribution in [3.05, 3.63) is 0 Å². The van der Waals surface area contributed by atoms with E-state index in [1.54, 1.807) is 0 Å². The molecule has 2 aliphatic carbocycles. The predicted molar refractivity (Wildman–Crippen MR) is 116 cm³/mol. The van der Waals surface area contributed by atoms with Gasteiger partial charge >= 0.3 is 0 Å². The molecular weight excluding hydrogens is 449 g/mol. The third-order valence-electron chi connectivity index (χ3n) is 5.50. The number of nitrogens with zero attached hydrogens (tertiary/aromatic N) is 1. The summed E-state index contributed by atoms with van der Waals surface area (Å²) in [7, 11) is -2.93. The maximum Gasteiger partial charge on any atom is 0.191 e. The summed E-state index contributed by atoms with van der Waals surface area (Å²) in [6, 6.07) is 0.489. The lowest BCUT2D eigenvalue weighted by Crippen LogP contribution is -2.45. The summed E-state index contributed by atoms with van der Waals surface area (Å²) in [6.07, 6.45) is 8.24. The topological polar surface area (TPSA) is 70.6 Å². The van der Waals surface area contributed by atoms with Crippen LogP contribution in [0.1, 0.15) is 59.3 Å². The second-order valence-corrected chi connectivity index (χ2v) is 10.4. The van der Waals surface area contributed by atoms with E-state index in [4.69, 9.17) is 4.99 Å². The molecule has 0 atom stereocenters. The van der Waals surface area contributed by atoms with Crippen LogP contribution in [0, 0.1) is 17.3 Å². The summed E-state index contributed by atoms with van der Waals surface area (Å²) in [4.78, 5) is 4.71. The maximum atomic E-state index is 11.6. The second-order valence-electron chi connectivity index (χ2n) is 8.27. The molecule has 7 heteroatoms. The summed E-state index contributed by atoms with van der Waals surface area (Å²) in [6.45, 7) is 8.14. The molecule has 0 heterocycles. The normalized spacial score (nSPS) is 26.0. The highest BCUT2D eigenvalue weighted by molar-refractivity contribution is 14.0. The van der Waals surface area contributed by atoms with Crippen LogP contribution in [0.2, 0.25) is 0 Å². The molecule has 5 nitrogen and oxygen atoms in total. The van der Waals surface area contributed by atoms with Crippen molar-refractivity contribution in [2.24, 2.45) is 22.2 Å². The van der Waals surface area contributed by atoms with E-state index in [2.05, 4.69) is 31.4 Å². The van der Waals surface area contributed by atoms with E-state index >= 15 is 0 Å². The molecule has 2 rings (SSSR count). The quantitative estimate of drug-likeness (QED) is 0.330. The second kappa shape index (κ2) is 9.76. The fraction of sp³-hybridized carbons (Fsp3) is 0.944. The highest BCUT2D eigenvalue weighted by Crippen LogP contribution is 2.46. The molecule has 148 valence electrons. The molecule has 2 aliphatic rings. The Kier molecular flexibility index (Phi) is 8.98. The van der Waals surface area contributed by atoms with Crippen LogP contribution in [-0.4, -0.2) is 45.5 Å². The van der Waals surface area contributed by atoms with Crippen LogP contribution in [0.25, 0.3) is 0 Å². The Morgan fingerprint density at radius 1 is 1.20 bits per heavy atom. The zero-order chi connectivity index (χ0) is 17.8. The monoisotopic (exact) mass is 485 g/mol. The standard InChI is InChI=1S/C18H35N3O2S.HI/c1-5-19-17(20-12-18(10-11-18)13-24(4,22)23)21-16-8-6-15(7-9-16)14(2)3;/h14-16H,5-13H2,1-4H3,(H2,19,20,21);1H. The van der Waals surface area contributed by atoms with Gasteiger partial charge in [-0.2, -0.15) is 0 Å². The van der Waals surface area contributed by atoms with Gasteiger partial charge in [-0.1, -0.05) is 13.8 Å². The highest BCUT2D eigenvalue weighted by atomic mass is 127. The smallest absolute Gasteiger partial charge is 0.191 e. The largest absolute Gasteiger partial charge is 0.357 e. The first kappa shape index (κ1) is 23.0. The van der Waals surface area contributed by atoms with Crippen molar-refractivity contribution in [1.29, 1.82) is 0 Å². The first-order chi connectivity index (χ1) is 11.2. The van der Waals surface area contributed by atoms with E-state index in [0.29, 0.717) is 12.6 Å². The van der Waals surface area contributed by atoms with Crippen LogP contribution >= 0.6 is 24.0 Å². The van der Waals surface area contributed by atoms with Gasteiger partial charge in [0.25, 0.3) is 0 Å². The molecular formula is C18H36IN3O2S. The Morgan fingerprint density at radius 3 is 2.24 bits per heavy atom. The van der Waals surface area contributed by atoms with Gasteiger partial charge in [-0.05, 0) is 57.3 Å². The molecule has 25 heavy (non-hydrogen) atoms. The van der Waals surface area contributed by atoms with Gasteiger partial charge in [-0.25, -0.2) is 8.42 Å². The average molecular weight is 485 g/mol. The summed E-state index contributed by atoms with van der Waals surface area (Å²) >= 11 is 0. The number of sulfone groups is 1. The molecule has 0 saturated heterocycles. The van der Waals surface area contributed by atoms with E-state index < -0.39 is 9.84 Å². The Morgan fingerprint density at radius 2 is 1.80 bits per heavy atom. The van der Waals surface area contributed by atoms with Gasteiger partial charge in [0.15, 0.2) is 5.96 Å². The van der Waals surface area contributed by atoms with Gasteiger partial charge in [-0.3, -0.25) is 4.99 Å². The van der Waals surface area contributed by atoms with E-state index in [-0.39, 0.29) is 35.1 Å². The number of guanidine groups is 1. The minimum absolute atomic E-state index is 0. The highest BCUT2D eigenvalue weighted by Gasteiger charge is 2.45. The molecule has 0 spiro atoms. The molecule has 0 bridgehead atoms. The summed E-state index contributed by atoms with van der Waals surface area (Å²) in [5, 5.41) is 6.89. The van der Waals surface area contributed by atoms with Crippen LogP contribution in [0.4, 0.5) is 0 Å². The molecule has 2 fully saturated rings. The molecule has 0 aromatic heterocycles. The van der Waals surface area contributed by atoms with Crippen molar-refractivity contribution in [3.63, 3.8) is 0 Å². The minimum atomic E-state index is -2.93. The lowest BCUT2D eigenvalue weighted by Gasteiger charge is -2.32. The Bertz CT molecular complexity index is 537. The molecule has 0 unspecified atom stereocenters. The number of hydrogen-bond acceptors (Lipinski definition) is 3. The van der Waals surface area contributed by atoms with Gasteiger partial charge in [0.2, 0.25) is 0 Å². The summed E-state index contributed by atoms with van der Waals surface area (Å²) in [5.74, 6) is 2.75. The average Bonchev–Trinajstić information content (AvgIpc) is 3.23. The summed E-state index contributed by atoms with van der Waals surface area (Å²) in [5.41, 5.74) is -0.106. The fourth-order valence-corrected chi connectivity index (χ4v) is 5.26. The molecule has 0 radical (unpaired) electrons. The minimum Gasteiger partial charge on any atom is -0.357 e. The maximum absolute atomic E-state index is 11.6. The van der Waals surface area contributed by atoms with Crippen molar-refractivity contribution in [2.45, 2.75) is 65.3 Å². The van der Waals surface area contributed by atoms with Gasteiger partial charge < -0.3 is 10.6 Å². The van der Waals surface area contributed by atoms with Gasteiger partial charge in [-0.15, -0.1) is 24.0 Å².